The lowest BCUT2D eigenvalue weighted by atomic mass is 10.1. The zero-order chi connectivity index (χ0) is 21.6. The van der Waals surface area contributed by atoms with E-state index in [2.05, 4.69) is 32.1 Å². The van der Waals surface area contributed by atoms with Crippen molar-refractivity contribution in [3.63, 3.8) is 0 Å². The number of aliphatic hydroxyl groups excluding tert-OH is 1. The summed E-state index contributed by atoms with van der Waals surface area (Å²) in [6, 6.07) is 10.2. The molecule has 31 heavy (non-hydrogen) atoms. The van der Waals surface area contributed by atoms with Crippen LogP contribution in [0.2, 0.25) is 0 Å². The molecule has 1 atom stereocenters. The summed E-state index contributed by atoms with van der Waals surface area (Å²) in [7, 11) is 0. The Balaban J connectivity index is 1.56. The molecule has 0 saturated carbocycles. The second-order valence-corrected chi connectivity index (χ2v) is 6.72. The van der Waals surface area contributed by atoms with E-state index >= 15 is 0 Å². The number of anilines is 2. The first-order valence-corrected chi connectivity index (χ1v) is 9.60. The van der Waals surface area contributed by atoms with E-state index in [0.717, 1.165) is 5.56 Å². The van der Waals surface area contributed by atoms with Gasteiger partial charge in [-0.1, -0.05) is 42.2 Å². The van der Waals surface area contributed by atoms with Crippen molar-refractivity contribution in [1.29, 1.82) is 0 Å². The number of ether oxygens (including phenoxy) is 1. The number of urea groups is 1. The molecule has 4 rings (SSSR count). The Bertz CT molecular complexity index is 1130. The summed E-state index contributed by atoms with van der Waals surface area (Å²) in [4.78, 5) is 26.6. The van der Waals surface area contributed by atoms with E-state index in [-0.39, 0.29) is 18.6 Å². The van der Waals surface area contributed by atoms with Crippen LogP contribution >= 0.6 is 0 Å². The summed E-state index contributed by atoms with van der Waals surface area (Å²) in [6.45, 7) is 0.437. The molecule has 1 aliphatic heterocycles. The summed E-state index contributed by atoms with van der Waals surface area (Å²) in [5, 5.41) is 12.6. The lowest BCUT2D eigenvalue weighted by Crippen LogP contribution is -2.46. The summed E-state index contributed by atoms with van der Waals surface area (Å²) in [6.07, 6.45) is 4.64. The van der Waals surface area contributed by atoms with Crippen LogP contribution in [0.4, 0.5) is 16.4 Å². The third-order valence-electron chi connectivity index (χ3n) is 4.63. The number of fused-ring (bicyclic) bond motifs is 1. The fourth-order valence-corrected chi connectivity index (χ4v) is 3.07. The Morgan fingerprint density at radius 3 is 2.61 bits per heavy atom. The highest BCUT2D eigenvalue weighted by atomic mass is 16.5. The molecule has 1 aliphatic rings. The van der Waals surface area contributed by atoms with E-state index < -0.39 is 6.04 Å². The number of carbonyl (C=O) groups is 1. The van der Waals surface area contributed by atoms with Crippen LogP contribution in [0.25, 0.3) is 0 Å². The lowest BCUT2D eigenvalue weighted by Gasteiger charge is -2.30. The molecule has 156 valence electrons. The molecule has 0 spiro atoms. The number of aliphatic hydroxyl groups is 1. The number of hydrogen-bond donors (Lipinski definition) is 3. The third kappa shape index (κ3) is 4.71. The van der Waals surface area contributed by atoms with Crippen molar-refractivity contribution in [2.45, 2.75) is 6.04 Å². The standard InChI is InChI=1S/C22H20N6O3/c23-21-25-12-16(13-26-21)7-6-15-10-19-20(24-11-15)31-9-8-28(19)22(30)27-18(14-29)17-4-2-1-3-5-17/h1-5,10-13,18,29H,8-9,14H2,(H,27,30)(H2,23,25,26)/t18-/m0/s1. The van der Waals surface area contributed by atoms with Gasteiger partial charge in [-0.2, -0.15) is 0 Å². The van der Waals surface area contributed by atoms with Crippen LogP contribution in [0, 0.1) is 11.8 Å². The Morgan fingerprint density at radius 1 is 1.16 bits per heavy atom. The van der Waals surface area contributed by atoms with Gasteiger partial charge in [0.05, 0.1) is 24.8 Å². The number of hydrogen-bond acceptors (Lipinski definition) is 7. The molecule has 9 heteroatoms. The van der Waals surface area contributed by atoms with Gasteiger partial charge in [0.25, 0.3) is 0 Å². The maximum Gasteiger partial charge on any atom is 0.322 e. The Morgan fingerprint density at radius 2 is 1.87 bits per heavy atom. The number of nitrogen functional groups attached to an aromatic ring is 1. The Labute approximate surface area is 178 Å². The summed E-state index contributed by atoms with van der Waals surface area (Å²) >= 11 is 0. The predicted molar refractivity (Wildman–Crippen MR) is 114 cm³/mol. The minimum atomic E-state index is -0.526. The quantitative estimate of drug-likeness (QED) is 0.552. The van der Waals surface area contributed by atoms with Gasteiger partial charge >= 0.3 is 6.03 Å². The highest BCUT2D eigenvalue weighted by Crippen LogP contribution is 2.30. The van der Waals surface area contributed by atoms with Crippen molar-refractivity contribution in [2.75, 3.05) is 30.4 Å². The highest BCUT2D eigenvalue weighted by molar-refractivity contribution is 5.94. The number of nitrogens with two attached hydrogens (primary N) is 1. The molecule has 0 bridgehead atoms. The van der Waals surface area contributed by atoms with Gasteiger partial charge in [-0.3, -0.25) is 4.90 Å². The van der Waals surface area contributed by atoms with Crippen LogP contribution in [-0.2, 0) is 0 Å². The summed E-state index contributed by atoms with van der Waals surface area (Å²) in [5.41, 5.74) is 8.01. The van der Waals surface area contributed by atoms with Gasteiger partial charge < -0.3 is 20.9 Å². The number of benzene rings is 1. The van der Waals surface area contributed by atoms with Gasteiger partial charge in [-0.15, -0.1) is 0 Å². The Hall–Kier alpha value is -4.16. The molecule has 4 N–H and O–H groups in total. The molecule has 1 aromatic carbocycles. The fraction of sp³-hybridized carbons (Fsp3) is 0.182. The number of aromatic nitrogens is 3. The largest absolute Gasteiger partial charge is 0.474 e. The smallest absolute Gasteiger partial charge is 0.322 e. The van der Waals surface area contributed by atoms with E-state index in [1.807, 2.05) is 30.3 Å². The van der Waals surface area contributed by atoms with Gasteiger partial charge in [0, 0.05) is 24.2 Å². The van der Waals surface area contributed by atoms with Crippen molar-refractivity contribution in [1.82, 2.24) is 20.3 Å². The minimum Gasteiger partial charge on any atom is -0.474 e. The van der Waals surface area contributed by atoms with Crippen LogP contribution in [0.3, 0.4) is 0 Å². The fourth-order valence-electron chi connectivity index (χ4n) is 3.07. The monoisotopic (exact) mass is 416 g/mol. The number of rotatable bonds is 3. The van der Waals surface area contributed by atoms with E-state index in [0.29, 0.717) is 35.8 Å². The maximum absolute atomic E-state index is 13.0. The number of nitrogens with zero attached hydrogens (tertiary/aromatic N) is 4. The van der Waals surface area contributed by atoms with E-state index in [9.17, 15) is 9.90 Å². The minimum absolute atomic E-state index is 0.177. The zero-order valence-corrected chi connectivity index (χ0v) is 16.5. The average Bonchev–Trinajstić information content (AvgIpc) is 2.82. The molecule has 0 fully saturated rings. The molecule has 2 aromatic heterocycles. The molecule has 0 radical (unpaired) electrons. The van der Waals surface area contributed by atoms with Crippen LogP contribution in [-0.4, -0.2) is 45.8 Å². The first kappa shape index (κ1) is 20.1. The highest BCUT2D eigenvalue weighted by Gasteiger charge is 2.27. The molecule has 3 aromatic rings. The van der Waals surface area contributed by atoms with Crippen molar-refractivity contribution >= 4 is 17.7 Å². The lowest BCUT2D eigenvalue weighted by molar-refractivity contribution is 0.217. The third-order valence-corrected chi connectivity index (χ3v) is 4.63. The van der Waals surface area contributed by atoms with Gasteiger partial charge in [-0.25, -0.2) is 19.7 Å². The van der Waals surface area contributed by atoms with Gasteiger partial charge in [0.1, 0.15) is 12.3 Å². The first-order chi connectivity index (χ1) is 15.1. The topological polar surface area (TPSA) is 126 Å². The molecule has 2 amide bonds. The van der Waals surface area contributed by atoms with Crippen molar-refractivity contribution < 1.29 is 14.6 Å². The second kappa shape index (κ2) is 9.11. The van der Waals surface area contributed by atoms with Crippen LogP contribution in [0.5, 0.6) is 5.88 Å². The summed E-state index contributed by atoms with van der Waals surface area (Å²) in [5.74, 6) is 6.45. The molecule has 9 nitrogen and oxygen atoms in total. The van der Waals surface area contributed by atoms with Crippen LogP contribution < -0.4 is 20.7 Å². The molecule has 3 heterocycles. The molecular weight excluding hydrogens is 396 g/mol. The second-order valence-electron chi connectivity index (χ2n) is 6.72. The molecule has 0 saturated heterocycles. The Kier molecular flexibility index (Phi) is 5.91. The molecular formula is C22H20N6O3. The van der Waals surface area contributed by atoms with Crippen LogP contribution in [0.1, 0.15) is 22.7 Å². The van der Waals surface area contributed by atoms with E-state index in [4.69, 9.17) is 10.5 Å². The first-order valence-electron chi connectivity index (χ1n) is 9.60. The van der Waals surface area contributed by atoms with Gasteiger partial charge in [0.15, 0.2) is 0 Å². The molecule has 0 aliphatic carbocycles. The van der Waals surface area contributed by atoms with Gasteiger partial charge in [0.2, 0.25) is 11.8 Å². The number of pyridine rings is 1. The van der Waals surface area contributed by atoms with Gasteiger partial charge in [-0.05, 0) is 11.6 Å². The van der Waals surface area contributed by atoms with Crippen molar-refractivity contribution in [3.05, 3.63) is 71.7 Å². The van der Waals surface area contributed by atoms with E-state index in [1.165, 1.54) is 17.3 Å². The van der Waals surface area contributed by atoms with Crippen molar-refractivity contribution in [3.8, 4) is 17.7 Å². The van der Waals surface area contributed by atoms with Crippen molar-refractivity contribution in [2.24, 2.45) is 0 Å². The average molecular weight is 416 g/mol. The van der Waals surface area contributed by atoms with Crippen LogP contribution in [0.15, 0.2) is 55.0 Å². The molecule has 0 unspecified atom stereocenters. The predicted octanol–water partition coefficient (Wildman–Crippen LogP) is 1.50. The summed E-state index contributed by atoms with van der Waals surface area (Å²) < 4.78 is 5.59. The number of amides is 2. The zero-order valence-electron chi connectivity index (χ0n) is 16.5. The SMILES string of the molecule is Nc1ncc(C#Cc2cnc3c(c2)N(C(=O)N[C@@H](CO)c2ccccc2)CCO3)cn1. The number of nitrogens with one attached hydrogen (secondary N) is 1. The number of carbonyl (C=O) groups excluding carboxylic acids is 1. The van der Waals surface area contributed by atoms with E-state index in [1.54, 1.807) is 12.3 Å². The normalized spacial score (nSPS) is 13.3. The maximum atomic E-state index is 13.0.